The average Bonchev–Trinajstić information content (AvgIpc) is 3.36. The summed E-state index contributed by atoms with van der Waals surface area (Å²) >= 11 is 1.57. The molecular formula is C16H21N5O2S. The molecule has 0 aromatic carbocycles. The normalized spacial score (nSPS) is 24.2. The zero-order valence-electron chi connectivity index (χ0n) is 13.4. The van der Waals surface area contributed by atoms with Crippen LogP contribution in [-0.4, -0.2) is 46.9 Å². The largest absolute Gasteiger partial charge is 0.381 e. The summed E-state index contributed by atoms with van der Waals surface area (Å²) < 4.78 is 5.52. The van der Waals surface area contributed by atoms with Crippen molar-refractivity contribution in [2.24, 2.45) is 0 Å². The second-order valence-electron chi connectivity index (χ2n) is 6.28. The highest BCUT2D eigenvalue weighted by Gasteiger charge is 2.32. The van der Waals surface area contributed by atoms with Crippen molar-refractivity contribution in [1.82, 2.24) is 15.2 Å². The zero-order valence-corrected chi connectivity index (χ0v) is 14.2. The van der Waals surface area contributed by atoms with E-state index in [1.165, 1.54) is 0 Å². The predicted octanol–water partition coefficient (Wildman–Crippen LogP) is 2.37. The Kier molecular flexibility index (Phi) is 4.48. The number of rotatable bonds is 4. The summed E-state index contributed by atoms with van der Waals surface area (Å²) in [6.45, 7) is 2.43. The van der Waals surface area contributed by atoms with E-state index in [0.717, 1.165) is 56.3 Å². The van der Waals surface area contributed by atoms with Crippen LogP contribution in [-0.2, 0) is 9.53 Å². The van der Waals surface area contributed by atoms with Gasteiger partial charge in [0.05, 0.1) is 6.61 Å². The molecule has 2 saturated heterocycles. The molecule has 2 atom stereocenters. The molecule has 2 N–H and O–H groups in total. The lowest BCUT2D eigenvalue weighted by molar-refractivity contribution is -0.117. The van der Waals surface area contributed by atoms with Crippen LogP contribution >= 0.6 is 11.3 Å². The minimum atomic E-state index is -0.172. The molecule has 2 aromatic heterocycles. The molecule has 2 aliphatic heterocycles. The lowest BCUT2D eigenvalue weighted by Gasteiger charge is -2.22. The van der Waals surface area contributed by atoms with Crippen LogP contribution in [0.4, 0.5) is 10.9 Å². The van der Waals surface area contributed by atoms with Crippen molar-refractivity contribution in [3.63, 3.8) is 0 Å². The Labute approximate surface area is 144 Å². The van der Waals surface area contributed by atoms with E-state index in [4.69, 9.17) is 4.74 Å². The summed E-state index contributed by atoms with van der Waals surface area (Å²) in [5.41, 5.74) is 1.04. The smallest absolute Gasteiger partial charge is 0.248 e. The van der Waals surface area contributed by atoms with Crippen molar-refractivity contribution in [3.8, 4) is 0 Å². The number of anilines is 2. The molecule has 0 spiro atoms. The molecule has 0 saturated carbocycles. The maximum Gasteiger partial charge on any atom is 0.248 e. The molecule has 2 fully saturated rings. The van der Waals surface area contributed by atoms with Gasteiger partial charge in [0, 0.05) is 42.4 Å². The van der Waals surface area contributed by atoms with E-state index >= 15 is 0 Å². The minimum absolute atomic E-state index is 0.0133. The summed E-state index contributed by atoms with van der Waals surface area (Å²) in [5, 5.41) is 13.1. The summed E-state index contributed by atoms with van der Waals surface area (Å²) in [6, 6.07) is 1.76. The van der Waals surface area contributed by atoms with Crippen molar-refractivity contribution >= 4 is 28.2 Å². The highest BCUT2D eigenvalue weighted by molar-refractivity contribution is 7.13. The van der Waals surface area contributed by atoms with Crippen LogP contribution in [0.3, 0.4) is 0 Å². The predicted molar refractivity (Wildman–Crippen MR) is 92.5 cm³/mol. The number of ether oxygens (including phenoxy) is 1. The van der Waals surface area contributed by atoms with Gasteiger partial charge < -0.3 is 15.0 Å². The number of nitrogens with zero attached hydrogens (tertiary/aromatic N) is 3. The number of nitrogens with one attached hydrogen (secondary N) is 2. The van der Waals surface area contributed by atoms with Gasteiger partial charge in [-0.1, -0.05) is 0 Å². The summed E-state index contributed by atoms with van der Waals surface area (Å²) in [6.07, 6.45) is 5.79. The third-order valence-electron chi connectivity index (χ3n) is 4.67. The maximum absolute atomic E-state index is 12.7. The summed E-state index contributed by atoms with van der Waals surface area (Å²) in [7, 11) is 0. The Morgan fingerprint density at radius 1 is 1.42 bits per heavy atom. The van der Waals surface area contributed by atoms with Crippen LogP contribution in [0.15, 0.2) is 17.6 Å². The average molecular weight is 347 g/mol. The van der Waals surface area contributed by atoms with E-state index in [2.05, 4.69) is 25.4 Å². The standard InChI is InChI=1S/C16H21N5O2S/c22-15(13-4-1-6-21(13)16-17-5-8-24-16)18-14-9-12(19-20-14)11-3-2-7-23-10-11/h5,8-9,11,13H,1-4,6-7,10H2,(H2,18,19,20,22)/t11-,13-/m0/s1. The van der Waals surface area contributed by atoms with E-state index in [0.29, 0.717) is 11.7 Å². The fourth-order valence-electron chi connectivity index (χ4n) is 3.43. The van der Waals surface area contributed by atoms with Crippen molar-refractivity contribution in [3.05, 3.63) is 23.3 Å². The monoisotopic (exact) mass is 347 g/mol. The van der Waals surface area contributed by atoms with Gasteiger partial charge in [-0.25, -0.2) is 4.98 Å². The molecule has 7 nitrogen and oxygen atoms in total. The number of aromatic amines is 1. The molecule has 0 unspecified atom stereocenters. The van der Waals surface area contributed by atoms with E-state index in [-0.39, 0.29) is 11.9 Å². The first-order valence-corrected chi connectivity index (χ1v) is 9.29. The van der Waals surface area contributed by atoms with Gasteiger partial charge in [0.25, 0.3) is 0 Å². The molecule has 2 aromatic rings. The fourth-order valence-corrected chi connectivity index (χ4v) is 4.15. The molecule has 128 valence electrons. The van der Waals surface area contributed by atoms with Crippen LogP contribution in [0.25, 0.3) is 0 Å². The molecule has 24 heavy (non-hydrogen) atoms. The quantitative estimate of drug-likeness (QED) is 0.887. The molecule has 0 bridgehead atoms. The number of hydrogen-bond acceptors (Lipinski definition) is 6. The SMILES string of the molecule is O=C(Nc1cc([C@H]2CCCOC2)[nH]n1)[C@@H]1CCCN1c1nccs1. The van der Waals surface area contributed by atoms with Crippen LogP contribution < -0.4 is 10.2 Å². The molecular weight excluding hydrogens is 326 g/mol. The lowest BCUT2D eigenvalue weighted by atomic mass is 9.99. The number of carbonyl (C=O) groups is 1. The van der Waals surface area contributed by atoms with Gasteiger partial charge in [-0.15, -0.1) is 11.3 Å². The van der Waals surface area contributed by atoms with Crippen LogP contribution in [0.1, 0.15) is 37.3 Å². The van der Waals surface area contributed by atoms with Gasteiger partial charge in [-0.2, -0.15) is 5.10 Å². The molecule has 4 heterocycles. The molecule has 0 radical (unpaired) electrons. The topological polar surface area (TPSA) is 83.1 Å². The van der Waals surface area contributed by atoms with Gasteiger partial charge >= 0.3 is 0 Å². The number of amides is 1. The molecule has 4 rings (SSSR count). The first kappa shape index (κ1) is 15.6. The molecule has 1 amide bonds. The Morgan fingerprint density at radius 2 is 2.38 bits per heavy atom. The lowest BCUT2D eigenvalue weighted by Crippen LogP contribution is -2.39. The van der Waals surface area contributed by atoms with Gasteiger partial charge in [-0.3, -0.25) is 9.89 Å². The van der Waals surface area contributed by atoms with Gasteiger partial charge in [0.15, 0.2) is 10.9 Å². The van der Waals surface area contributed by atoms with E-state index < -0.39 is 0 Å². The fraction of sp³-hybridized carbons (Fsp3) is 0.562. The van der Waals surface area contributed by atoms with E-state index in [1.807, 2.05) is 11.4 Å². The Morgan fingerprint density at radius 3 is 3.17 bits per heavy atom. The number of H-pyrrole nitrogens is 1. The molecule has 8 heteroatoms. The molecule has 2 aliphatic rings. The van der Waals surface area contributed by atoms with Crippen LogP contribution in [0.2, 0.25) is 0 Å². The van der Waals surface area contributed by atoms with Gasteiger partial charge in [-0.05, 0) is 25.7 Å². The Bertz CT molecular complexity index is 680. The highest BCUT2D eigenvalue weighted by Crippen LogP contribution is 2.29. The number of hydrogen-bond donors (Lipinski definition) is 2. The summed E-state index contributed by atoms with van der Waals surface area (Å²) in [5.74, 6) is 0.919. The Balaban J connectivity index is 1.41. The van der Waals surface area contributed by atoms with Crippen molar-refractivity contribution in [1.29, 1.82) is 0 Å². The number of thiazole rings is 1. The van der Waals surface area contributed by atoms with Crippen LogP contribution in [0.5, 0.6) is 0 Å². The second-order valence-corrected chi connectivity index (χ2v) is 7.15. The zero-order chi connectivity index (χ0) is 16.4. The molecule has 0 aliphatic carbocycles. The first-order chi connectivity index (χ1) is 11.8. The number of carbonyl (C=O) groups excluding carboxylic acids is 1. The Hall–Kier alpha value is -1.93. The van der Waals surface area contributed by atoms with Crippen molar-refractivity contribution in [2.45, 2.75) is 37.6 Å². The minimum Gasteiger partial charge on any atom is -0.381 e. The second kappa shape index (κ2) is 6.90. The highest BCUT2D eigenvalue weighted by atomic mass is 32.1. The third-order valence-corrected chi connectivity index (χ3v) is 5.48. The van der Waals surface area contributed by atoms with Crippen molar-refractivity contribution < 1.29 is 9.53 Å². The van der Waals surface area contributed by atoms with E-state index in [1.54, 1.807) is 17.5 Å². The third kappa shape index (κ3) is 3.16. The van der Waals surface area contributed by atoms with Gasteiger partial charge in [0.1, 0.15) is 6.04 Å². The number of aromatic nitrogens is 3. The summed E-state index contributed by atoms with van der Waals surface area (Å²) in [4.78, 5) is 19.1. The van der Waals surface area contributed by atoms with Crippen molar-refractivity contribution in [2.75, 3.05) is 30.0 Å². The van der Waals surface area contributed by atoms with Gasteiger partial charge in [0.2, 0.25) is 5.91 Å². The maximum atomic E-state index is 12.7. The van der Waals surface area contributed by atoms with Crippen LogP contribution in [0, 0.1) is 0 Å². The first-order valence-electron chi connectivity index (χ1n) is 8.41. The van der Waals surface area contributed by atoms with E-state index in [9.17, 15) is 4.79 Å².